The Labute approximate surface area is 251 Å². The molecule has 3 fully saturated rings. The molecule has 6 atom stereocenters. The molecule has 13 nitrogen and oxygen atoms in total. The van der Waals surface area contributed by atoms with Gasteiger partial charge in [0.05, 0.1) is 4.88 Å². The summed E-state index contributed by atoms with van der Waals surface area (Å²) in [6, 6.07) is 3.27. The molecule has 4 heterocycles. The number of carbonyl (C=O) groups excluding carboxylic acids is 4. The molecule has 14 heteroatoms. The summed E-state index contributed by atoms with van der Waals surface area (Å²) >= 11 is 1.25. The van der Waals surface area contributed by atoms with Crippen LogP contribution < -0.4 is 10.6 Å². The average Bonchev–Trinajstić information content (AvgIpc) is 3.79. The summed E-state index contributed by atoms with van der Waals surface area (Å²) < 4.78 is 1.64. The molecule has 6 unspecified atom stereocenters. The van der Waals surface area contributed by atoms with Crippen LogP contribution in [-0.2, 0) is 26.2 Å². The number of aliphatic carboxylic acids is 2. The van der Waals surface area contributed by atoms with E-state index in [0.717, 1.165) is 0 Å². The number of rotatable bonds is 8. The Hall–Kier alpha value is -4.20. The van der Waals surface area contributed by atoms with Gasteiger partial charge < -0.3 is 35.2 Å². The predicted molar refractivity (Wildman–Crippen MR) is 153 cm³/mol. The van der Waals surface area contributed by atoms with Crippen LogP contribution in [0.5, 0.6) is 0 Å². The van der Waals surface area contributed by atoms with Gasteiger partial charge >= 0.3 is 11.9 Å². The highest BCUT2D eigenvalue weighted by Gasteiger charge is 2.49. The van der Waals surface area contributed by atoms with E-state index in [0.29, 0.717) is 36.3 Å². The van der Waals surface area contributed by atoms with Crippen molar-refractivity contribution in [3.63, 3.8) is 0 Å². The molecule has 0 spiro atoms. The van der Waals surface area contributed by atoms with Crippen molar-refractivity contribution in [3.05, 3.63) is 46.4 Å². The molecule has 4 amide bonds. The number of hydrogen-bond acceptors (Lipinski definition) is 7. The number of carboxylic acid groups (broad SMARTS) is 2. The van der Waals surface area contributed by atoms with Crippen LogP contribution >= 0.6 is 11.3 Å². The van der Waals surface area contributed by atoms with Crippen molar-refractivity contribution in [2.75, 3.05) is 13.1 Å². The summed E-state index contributed by atoms with van der Waals surface area (Å²) in [4.78, 5) is 80.5. The smallest absolute Gasteiger partial charge is 0.326 e. The van der Waals surface area contributed by atoms with Crippen molar-refractivity contribution >= 4 is 46.9 Å². The second-order valence-electron chi connectivity index (χ2n) is 11.5. The Bertz CT molecular complexity index is 1410. The summed E-state index contributed by atoms with van der Waals surface area (Å²) in [5.74, 6) is -5.70. The second-order valence-corrected chi connectivity index (χ2v) is 12.4. The standard InChI is InChI=1S/C29H35N5O8S/c1-32-10-4-8-20(32)24(35)30-16-12-21(28(39)40)33(14-16)26(37)18-6-2-3-7-19(18)27(38)34-15-17(13-22(34)29(41)42)31-25(36)23-9-5-11-43-23/h4-5,8-11,16-19,21-22H,2-3,6-7,12-15H2,1H3,(H,30,35)(H,31,36)(H,39,40)(H,41,42). The molecule has 43 heavy (non-hydrogen) atoms. The van der Waals surface area contributed by atoms with Gasteiger partial charge in [-0.3, -0.25) is 19.2 Å². The highest BCUT2D eigenvalue weighted by Crippen LogP contribution is 2.36. The third-order valence-corrected chi connectivity index (χ3v) is 9.60. The van der Waals surface area contributed by atoms with Gasteiger partial charge in [0.15, 0.2) is 0 Å². The molecule has 2 saturated heterocycles. The number of likely N-dealkylation sites (tertiary alicyclic amines) is 2. The fraction of sp³-hybridized carbons (Fsp3) is 0.517. The van der Waals surface area contributed by atoms with Gasteiger partial charge in [-0.15, -0.1) is 11.3 Å². The first kappa shape index (κ1) is 30.3. The molecule has 2 aliphatic heterocycles. The number of nitrogens with zero attached hydrogens (tertiary/aromatic N) is 3. The zero-order valence-corrected chi connectivity index (χ0v) is 24.5. The van der Waals surface area contributed by atoms with Crippen molar-refractivity contribution in [1.82, 2.24) is 25.0 Å². The first-order chi connectivity index (χ1) is 20.5. The molecule has 2 aromatic heterocycles. The van der Waals surface area contributed by atoms with Crippen molar-refractivity contribution in [3.8, 4) is 0 Å². The number of amides is 4. The van der Waals surface area contributed by atoms with Crippen LogP contribution in [0, 0.1) is 11.8 Å². The molecule has 4 N–H and O–H groups in total. The van der Waals surface area contributed by atoms with E-state index in [4.69, 9.17) is 0 Å². The lowest BCUT2D eigenvalue weighted by atomic mass is 9.77. The summed E-state index contributed by atoms with van der Waals surface area (Å²) in [5, 5.41) is 27.3. The number of carboxylic acids is 2. The lowest BCUT2D eigenvalue weighted by Gasteiger charge is -2.36. The van der Waals surface area contributed by atoms with E-state index < -0.39 is 59.8 Å². The lowest BCUT2D eigenvalue weighted by molar-refractivity contribution is -0.156. The fourth-order valence-electron chi connectivity index (χ4n) is 6.61. The quantitative estimate of drug-likeness (QED) is 0.343. The zero-order valence-electron chi connectivity index (χ0n) is 23.7. The minimum absolute atomic E-state index is 0.000941. The molecule has 5 rings (SSSR count). The van der Waals surface area contributed by atoms with Crippen LogP contribution in [0.15, 0.2) is 35.8 Å². The SMILES string of the molecule is Cn1cccc1C(=O)NC1CC(C(=O)O)N(C(=O)C2CCCCC2C(=O)N2CC(NC(=O)c3cccs3)CC2C(=O)O)C1. The van der Waals surface area contributed by atoms with Gasteiger partial charge in [0.25, 0.3) is 11.8 Å². The highest BCUT2D eigenvalue weighted by molar-refractivity contribution is 7.12. The normalized spacial score (nSPS) is 27.1. The first-order valence-corrected chi connectivity index (χ1v) is 15.3. The number of aromatic nitrogens is 1. The Kier molecular flexibility index (Phi) is 8.85. The Morgan fingerprint density at radius 3 is 1.77 bits per heavy atom. The van der Waals surface area contributed by atoms with Crippen molar-refractivity contribution in [2.45, 2.75) is 62.7 Å². The van der Waals surface area contributed by atoms with Gasteiger partial charge in [0, 0.05) is 63.1 Å². The lowest BCUT2D eigenvalue weighted by Crippen LogP contribution is -2.51. The monoisotopic (exact) mass is 613 g/mol. The van der Waals surface area contributed by atoms with Gasteiger partial charge in [-0.05, 0) is 36.4 Å². The third-order valence-electron chi connectivity index (χ3n) is 8.73. The van der Waals surface area contributed by atoms with Crippen LogP contribution in [0.25, 0.3) is 0 Å². The van der Waals surface area contributed by atoms with Gasteiger partial charge in [0.2, 0.25) is 11.8 Å². The van der Waals surface area contributed by atoms with E-state index in [1.807, 2.05) is 0 Å². The largest absolute Gasteiger partial charge is 0.480 e. The van der Waals surface area contributed by atoms with E-state index in [1.165, 1.54) is 21.1 Å². The number of carbonyl (C=O) groups is 6. The number of aryl methyl sites for hydroxylation is 1. The van der Waals surface area contributed by atoms with Gasteiger partial charge in [0.1, 0.15) is 17.8 Å². The van der Waals surface area contributed by atoms with E-state index >= 15 is 0 Å². The molecular formula is C29H35N5O8S. The fourth-order valence-corrected chi connectivity index (χ4v) is 7.23. The predicted octanol–water partition coefficient (Wildman–Crippen LogP) is 1.16. The van der Waals surface area contributed by atoms with Crippen LogP contribution in [-0.4, -0.2) is 97.4 Å². The second kappa shape index (κ2) is 12.6. The van der Waals surface area contributed by atoms with E-state index in [2.05, 4.69) is 10.6 Å². The number of thiophene rings is 1. The van der Waals surface area contributed by atoms with Gasteiger partial charge in [-0.1, -0.05) is 18.9 Å². The molecule has 0 radical (unpaired) electrons. The van der Waals surface area contributed by atoms with E-state index in [-0.39, 0.29) is 37.7 Å². The maximum Gasteiger partial charge on any atom is 0.326 e. The summed E-state index contributed by atoms with van der Waals surface area (Å²) in [6.45, 7) is -0.0132. The molecule has 3 aliphatic rings. The van der Waals surface area contributed by atoms with E-state index in [9.17, 15) is 39.0 Å². The zero-order chi connectivity index (χ0) is 30.8. The topological polar surface area (TPSA) is 178 Å². The van der Waals surface area contributed by atoms with Crippen molar-refractivity contribution < 1.29 is 39.0 Å². The molecule has 1 aliphatic carbocycles. The van der Waals surface area contributed by atoms with E-state index in [1.54, 1.807) is 47.5 Å². The van der Waals surface area contributed by atoms with Crippen LogP contribution in [0.1, 0.15) is 58.7 Å². The van der Waals surface area contributed by atoms with Crippen molar-refractivity contribution in [2.24, 2.45) is 18.9 Å². The molecule has 0 bridgehead atoms. The molecular weight excluding hydrogens is 578 g/mol. The van der Waals surface area contributed by atoms with Crippen LogP contribution in [0.3, 0.4) is 0 Å². The van der Waals surface area contributed by atoms with Crippen molar-refractivity contribution in [1.29, 1.82) is 0 Å². The van der Waals surface area contributed by atoms with Crippen LogP contribution in [0.4, 0.5) is 0 Å². The minimum Gasteiger partial charge on any atom is -0.480 e. The maximum atomic E-state index is 13.9. The van der Waals surface area contributed by atoms with Gasteiger partial charge in [-0.2, -0.15) is 0 Å². The number of hydrogen-bond donors (Lipinski definition) is 4. The van der Waals surface area contributed by atoms with Gasteiger partial charge in [-0.25, -0.2) is 9.59 Å². The molecule has 0 aromatic carbocycles. The maximum absolute atomic E-state index is 13.9. The number of nitrogens with one attached hydrogen (secondary N) is 2. The summed E-state index contributed by atoms with van der Waals surface area (Å²) in [7, 11) is 1.72. The third kappa shape index (κ3) is 6.28. The Morgan fingerprint density at radius 1 is 0.791 bits per heavy atom. The first-order valence-electron chi connectivity index (χ1n) is 14.4. The Balaban J connectivity index is 1.30. The summed E-state index contributed by atoms with van der Waals surface area (Å²) in [5.41, 5.74) is 0.401. The summed E-state index contributed by atoms with van der Waals surface area (Å²) in [6.07, 6.45) is 3.85. The minimum atomic E-state index is -1.20. The highest BCUT2D eigenvalue weighted by atomic mass is 32.1. The van der Waals surface area contributed by atoms with Crippen LogP contribution in [0.2, 0.25) is 0 Å². The molecule has 1 saturated carbocycles. The molecule has 2 aromatic rings. The Morgan fingerprint density at radius 2 is 1.33 bits per heavy atom. The average molecular weight is 614 g/mol. The molecule has 230 valence electrons.